The molecule has 0 spiro atoms. The Hall–Kier alpha value is -2.07. The molecule has 0 fully saturated rings. The molecule has 19 heavy (non-hydrogen) atoms. The van der Waals surface area contributed by atoms with Crippen molar-refractivity contribution in [2.24, 2.45) is 0 Å². The molecule has 1 aromatic carbocycles. The van der Waals surface area contributed by atoms with Crippen LogP contribution in [0.4, 0.5) is 5.82 Å². The van der Waals surface area contributed by atoms with Crippen LogP contribution in [0.15, 0.2) is 42.6 Å². The van der Waals surface area contributed by atoms with Crippen LogP contribution in [0, 0.1) is 0 Å². The number of amides is 1. The second-order valence-electron chi connectivity index (χ2n) is 3.74. The number of anilines is 1. The van der Waals surface area contributed by atoms with Gasteiger partial charge < -0.3 is 10.1 Å². The van der Waals surface area contributed by atoms with Gasteiger partial charge in [0.1, 0.15) is 11.6 Å². The summed E-state index contributed by atoms with van der Waals surface area (Å²) in [6.07, 6.45) is 1.53. The van der Waals surface area contributed by atoms with Gasteiger partial charge in [-0.15, -0.1) is 0 Å². The van der Waals surface area contributed by atoms with Crippen LogP contribution in [-0.4, -0.2) is 17.5 Å². The molecular formula is C14H13ClN2O2. The maximum Gasteiger partial charge on any atom is 0.260 e. The van der Waals surface area contributed by atoms with Crippen molar-refractivity contribution in [2.45, 2.75) is 6.92 Å². The van der Waals surface area contributed by atoms with E-state index in [2.05, 4.69) is 10.3 Å². The quantitative estimate of drug-likeness (QED) is 0.931. The summed E-state index contributed by atoms with van der Waals surface area (Å²) < 4.78 is 5.41. The summed E-state index contributed by atoms with van der Waals surface area (Å²) in [5.41, 5.74) is 0.464. The molecule has 1 N–H and O–H groups in total. The molecule has 0 aliphatic carbocycles. The first-order chi connectivity index (χ1) is 9.20. The average Bonchev–Trinajstić information content (AvgIpc) is 2.39. The zero-order valence-corrected chi connectivity index (χ0v) is 11.1. The molecule has 4 nitrogen and oxygen atoms in total. The Bertz CT molecular complexity index is 587. The maximum absolute atomic E-state index is 12.1. The second kappa shape index (κ2) is 6.20. The minimum atomic E-state index is -0.279. The number of ether oxygens (including phenoxy) is 1. The van der Waals surface area contributed by atoms with Gasteiger partial charge in [-0.25, -0.2) is 4.98 Å². The molecule has 0 atom stereocenters. The van der Waals surface area contributed by atoms with Crippen LogP contribution < -0.4 is 10.1 Å². The van der Waals surface area contributed by atoms with E-state index in [-0.39, 0.29) is 5.91 Å². The Labute approximate surface area is 116 Å². The minimum Gasteiger partial charge on any atom is -0.493 e. The van der Waals surface area contributed by atoms with E-state index in [0.29, 0.717) is 28.8 Å². The molecule has 0 aliphatic heterocycles. The number of rotatable bonds is 4. The lowest BCUT2D eigenvalue weighted by Gasteiger charge is -2.10. The summed E-state index contributed by atoms with van der Waals surface area (Å²) >= 11 is 5.84. The molecule has 1 amide bonds. The van der Waals surface area contributed by atoms with Crippen LogP contribution in [0.25, 0.3) is 0 Å². The van der Waals surface area contributed by atoms with Gasteiger partial charge in [0, 0.05) is 11.2 Å². The van der Waals surface area contributed by atoms with Gasteiger partial charge in [-0.05, 0) is 31.2 Å². The molecule has 5 heteroatoms. The van der Waals surface area contributed by atoms with E-state index in [0.717, 1.165) is 0 Å². The standard InChI is InChI=1S/C14H13ClN2O2/c1-2-19-12-6-4-3-5-11(12)14(18)17-13-9-10(15)7-8-16-13/h3-9H,2H2,1H3,(H,16,17,18). The van der Waals surface area contributed by atoms with E-state index in [4.69, 9.17) is 16.3 Å². The number of aromatic nitrogens is 1. The van der Waals surface area contributed by atoms with E-state index in [1.54, 1.807) is 30.3 Å². The summed E-state index contributed by atoms with van der Waals surface area (Å²) in [7, 11) is 0. The van der Waals surface area contributed by atoms with Gasteiger partial charge in [0.25, 0.3) is 5.91 Å². The van der Waals surface area contributed by atoms with Crippen LogP contribution >= 0.6 is 11.6 Å². The van der Waals surface area contributed by atoms with Crippen molar-refractivity contribution in [3.8, 4) is 5.75 Å². The lowest BCUT2D eigenvalue weighted by atomic mass is 10.2. The zero-order valence-electron chi connectivity index (χ0n) is 10.4. The molecule has 0 bridgehead atoms. The predicted octanol–water partition coefficient (Wildman–Crippen LogP) is 3.39. The minimum absolute atomic E-state index is 0.279. The predicted molar refractivity (Wildman–Crippen MR) is 74.8 cm³/mol. The number of hydrogen-bond acceptors (Lipinski definition) is 3. The summed E-state index contributed by atoms with van der Waals surface area (Å²) in [6, 6.07) is 10.3. The maximum atomic E-state index is 12.1. The molecule has 0 aliphatic rings. The van der Waals surface area contributed by atoms with E-state index in [1.165, 1.54) is 6.20 Å². The number of carbonyl (C=O) groups excluding carboxylic acids is 1. The van der Waals surface area contributed by atoms with Gasteiger partial charge in [-0.1, -0.05) is 23.7 Å². The number of benzene rings is 1. The highest BCUT2D eigenvalue weighted by Crippen LogP contribution is 2.20. The Kier molecular flexibility index (Phi) is 4.36. The van der Waals surface area contributed by atoms with Crippen LogP contribution in [0.3, 0.4) is 0 Å². The Balaban J connectivity index is 2.20. The first kappa shape index (κ1) is 13.4. The molecule has 0 unspecified atom stereocenters. The molecule has 0 saturated heterocycles. The Morgan fingerprint density at radius 1 is 1.37 bits per heavy atom. The van der Waals surface area contributed by atoms with Gasteiger partial charge in [0.2, 0.25) is 0 Å². The van der Waals surface area contributed by atoms with Crippen molar-refractivity contribution in [1.29, 1.82) is 0 Å². The fourth-order valence-electron chi connectivity index (χ4n) is 1.59. The summed E-state index contributed by atoms with van der Waals surface area (Å²) in [5, 5.41) is 3.20. The van der Waals surface area contributed by atoms with E-state index in [1.807, 2.05) is 13.0 Å². The highest BCUT2D eigenvalue weighted by atomic mass is 35.5. The fraction of sp³-hybridized carbons (Fsp3) is 0.143. The Morgan fingerprint density at radius 3 is 2.89 bits per heavy atom. The SMILES string of the molecule is CCOc1ccccc1C(=O)Nc1cc(Cl)ccn1. The van der Waals surface area contributed by atoms with Crippen molar-refractivity contribution in [2.75, 3.05) is 11.9 Å². The molecule has 98 valence electrons. The topological polar surface area (TPSA) is 51.2 Å². The summed E-state index contributed by atoms with van der Waals surface area (Å²) in [4.78, 5) is 16.2. The monoisotopic (exact) mass is 276 g/mol. The van der Waals surface area contributed by atoms with Gasteiger partial charge >= 0.3 is 0 Å². The van der Waals surface area contributed by atoms with Gasteiger partial charge in [-0.2, -0.15) is 0 Å². The van der Waals surface area contributed by atoms with Crippen molar-refractivity contribution in [1.82, 2.24) is 4.98 Å². The smallest absolute Gasteiger partial charge is 0.260 e. The average molecular weight is 277 g/mol. The molecular weight excluding hydrogens is 264 g/mol. The number of nitrogens with one attached hydrogen (secondary N) is 1. The zero-order chi connectivity index (χ0) is 13.7. The Morgan fingerprint density at radius 2 is 2.16 bits per heavy atom. The molecule has 0 saturated carbocycles. The van der Waals surface area contributed by atoms with Crippen molar-refractivity contribution < 1.29 is 9.53 Å². The van der Waals surface area contributed by atoms with E-state index >= 15 is 0 Å². The van der Waals surface area contributed by atoms with Crippen LogP contribution in [0.2, 0.25) is 5.02 Å². The third-order valence-corrected chi connectivity index (χ3v) is 2.63. The lowest BCUT2D eigenvalue weighted by molar-refractivity contribution is 0.102. The van der Waals surface area contributed by atoms with Crippen LogP contribution in [-0.2, 0) is 0 Å². The highest BCUT2D eigenvalue weighted by molar-refractivity contribution is 6.30. The van der Waals surface area contributed by atoms with E-state index < -0.39 is 0 Å². The number of halogens is 1. The largest absolute Gasteiger partial charge is 0.493 e. The van der Waals surface area contributed by atoms with Crippen molar-refractivity contribution in [3.63, 3.8) is 0 Å². The third-order valence-electron chi connectivity index (χ3n) is 2.40. The summed E-state index contributed by atoms with van der Waals surface area (Å²) in [5.74, 6) is 0.673. The number of para-hydroxylation sites is 1. The van der Waals surface area contributed by atoms with Gasteiger partial charge in [0.15, 0.2) is 0 Å². The van der Waals surface area contributed by atoms with Crippen molar-refractivity contribution in [3.05, 3.63) is 53.2 Å². The molecule has 2 aromatic rings. The first-order valence-electron chi connectivity index (χ1n) is 5.85. The summed E-state index contributed by atoms with van der Waals surface area (Å²) in [6.45, 7) is 2.37. The molecule has 0 radical (unpaired) electrons. The molecule has 2 rings (SSSR count). The van der Waals surface area contributed by atoms with E-state index in [9.17, 15) is 4.79 Å². The third kappa shape index (κ3) is 3.45. The normalized spacial score (nSPS) is 10.0. The number of hydrogen-bond donors (Lipinski definition) is 1. The van der Waals surface area contributed by atoms with Crippen LogP contribution in [0.5, 0.6) is 5.75 Å². The molecule has 1 heterocycles. The second-order valence-corrected chi connectivity index (χ2v) is 4.18. The van der Waals surface area contributed by atoms with Crippen LogP contribution in [0.1, 0.15) is 17.3 Å². The first-order valence-corrected chi connectivity index (χ1v) is 6.23. The highest BCUT2D eigenvalue weighted by Gasteiger charge is 2.12. The lowest BCUT2D eigenvalue weighted by Crippen LogP contribution is -2.14. The fourth-order valence-corrected chi connectivity index (χ4v) is 1.75. The van der Waals surface area contributed by atoms with Gasteiger partial charge in [0.05, 0.1) is 12.2 Å². The number of pyridine rings is 1. The van der Waals surface area contributed by atoms with Crippen molar-refractivity contribution >= 4 is 23.3 Å². The number of nitrogens with zero attached hydrogens (tertiary/aromatic N) is 1. The van der Waals surface area contributed by atoms with Gasteiger partial charge in [-0.3, -0.25) is 4.79 Å². The number of carbonyl (C=O) groups is 1. The molecule has 1 aromatic heterocycles.